The highest BCUT2D eigenvalue weighted by Crippen LogP contribution is 2.44. The van der Waals surface area contributed by atoms with Gasteiger partial charge in [0.25, 0.3) is 0 Å². The molecule has 0 bridgehead atoms. The Morgan fingerprint density at radius 1 is 1.33 bits per heavy atom. The zero-order valence-corrected chi connectivity index (χ0v) is 14.6. The Bertz CT molecular complexity index is 409. The second-order valence-corrected chi connectivity index (χ2v) is 8.08. The molecule has 0 aromatic carbocycles. The van der Waals surface area contributed by atoms with Crippen LogP contribution in [0.25, 0.3) is 0 Å². The van der Waals surface area contributed by atoms with E-state index in [1.54, 1.807) is 0 Å². The first kappa shape index (κ1) is 17.0. The molecular formula is C14H24BrNO5. The number of fused-ring (bicyclic) bond motifs is 1. The van der Waals surface area contributed by atoms with Gasteiger partial charge in [0.15, 0.2) is 5.79 Å². The van der Waals surface area contributed by atoms with Gasteiger partial charge in [-0.05, 0) is 34.6 Å². The molecule has 6 nitrogen and oxygen atoms in total. The van der Waals surface area contributed by atoms with Gasteiger partial charge in [0, 0.05) is 17.4 Å². The van der Waals surface area contributed by atoms with Gasteiger partial charge < -0.3 is 24.6 Å². The van der Waals surface area contributed by atoms with Crippen LogP contribution in [0.4, 0.5) is 4.79 Å². The minimum absolute atomic E-state index is 0.0387. The third kappa shape index (κ3) is 3.70. The second-order valence-electron chi connectivity index (χ2n) is 7.03. The van der Waals surface area contributed by atoms with Crippen LogP contribution in [0.1, 0.15) is 34.6 Å². The largest absolute Gasteiger partial charge is 0.444 e. The van der Waals surface area contributed by atoms with Crippen LogP contribution in [0.3, 0.4) is 0 Å². The molecule has 122 valence electrons. The first-order valence-corrected chi connectivity index (χ1v) is 8.06. The molecule has 0 aromatic heterocycles. The SMILES string of the molecule is CC(C)(C)OC(=O)N[C@@H]1[C@@H](Br)[C@H](CO)[C@H]2OC(C)(C)O[C@@H]12. The van der Waals surface area contributed by atoms with Crippen LogP contribution in [0, 0.1) is 5.92 Å². The third-order valence-electron chi connectivity index (χ3n) is 3.59. The van der Waals surface area contributed by atoms with E-state index in [1.165, 1.54) is 0 Å². The predicted octanol–water partition coefficient (Wildman–Crippen LogP) is 1.79. The van der Waals surface area contributed by atoms with Crippen molar-refractivity contribution in [2.45, 2.75) is 69.1 Å². The Morgan fingerprint density at radius 2 is 1.90 bits per heavy atom. The first-order chi connectivity index (χ1) is 9.54. The molecule has 2 aliphatic rings. The first-order valence-electron chi connectivity index (χ1n) is 7.14. The lowest BCUT2D eigenvalue weighted by Gasteiger charge is -2.28. The molecule has 1 aliphatic heterocycles. The number of hydrogen-bond acceptors (Lipinski definition) is 5. The summed E-state index contributed by atoms with van der Waals surface area (Å²) in [5.41, 5.74) is -0.563. The van der Waals surface area contributed by atoms with Crippen LogP contribution in [-0.4, -0.2) is 52.3 Å². The Hall–Kier alpha value is -0.370. The molecule has 1 saturated carbocycles. The highest BCUT2D eigenvalue weighted by atomic mass is 79.9. The van der Waals surface area contributed by atoms with E-state index in [2.05, 4.69) is 21.2 Å². The maximum absolute atomic E-state index is 12.0. The second kappa shape index (κ2) is 5.68. The lowest BCUT2D eigenvalue weighted by molar-refractivity contribution is -0.159. The van der Waals surface area contributed by atoms with Crippen molar-refractivity contribution >= 4 is 22.0 Å². The number of ether oxygens (including phenoxy) is 3. The summed E-state index contributed by atoms with van der Waals surface area (Å²) >= 11 is 3.54. The number of aliphatic hydroxyl groups is 1. The average molecular weight is 366 g/mol. The number of halogens is 1. The van der Waals surface area contributed by atoms with Gasteiger partial charge in [-0.25, -0.2) is 4.79 Å². The van der Waals surface area contributed by atoms with Crippen molar-refractivity contribution < 1.29 is 24.1 Å². The fourth-order valence-electron chi connectivity index (χ4n) is 2.86. The number of hydrogen-bond donors (Lipinski definition) is 2. The minimum atomic E-state index is -0.718. The van der Waals surface area contributed by atoms with Crippen LogP contribution >= 0.6 is 15.9 Å². The predicted molar refractivity (Wildman–Crippen MR) is 80.3 cm³/mol. The number of rotatable bonds is 2. The quantitative estimate of drug-likeness (QED) is 0.729. The zero-order valence-electron chi connectivity index (χ0n) is 13.1. The Labute approximate surface area is 133 Å². The van der Waals surface area contributed by atoms with Gasteiger partial charge in [0.05, 0.1) is 12.1 Å². The van der Waals surface area contributed by atoms with E-state index in [0.717, 1.165) is 0 Å². The van der Waals surface area contributed by atoms with Crippen LogP contribution in [-0.2, 0) is 14.2 Å². The van der Waals surface area contributed by atoms with Crippen molar-refractivity contribution in [3.63, 3.8) is 0 Å². The van der Waals surface area contributed by atoms with Gasteiger partial charge in [-0.3, -0.25) is 0 Å². The molecule has 2 fully saturated rings. The molecule has 2 rings (SSSR count). The topological polar surface area (TPSA) is 77.0 Å². The molecule has 1 heterocycles. The van der Waals surface area contributed by atoms with Gasteiger partial charge in [-0.1, -0.05) is 15.9 Å². The van der Waals surface area contributed by atoms with Crippen molar-refractivity contribution in [2.75, 3.05) is 6.61 Å². The standard InChI is InChI=1S/C14H24BrNO5/c1-13(2,3)21-12(18)16-9-8(15)7(6-17)10-11(9)20-14(4,5)19-10/h7-11,17H,6H2,1-5H3,(H,16,18)/t7-,8-,9+,10+,11-/m0/s1. The van der Waals surface area contributed by atoms with Gasteiger partial charge in [-0.15, -0.1) is 0 Å². The van der Waals surface area contributed by atoms with Gasteiger partial charge in [0.2, 0.25) is 0 Å². The third-order valence-corrected chi connectivity index (χ3v) is 4.83. The summed E-state index contributed by atoms with van der Waals surface area (Å²) in [5, 5.41) is 12.4. The monoisotopic (exact) mass is 365 g/mol. The zero-order chi connectivity index (χ0) is 16.0. The minimum Gasteiger partial charge on any atom is -0.444 e. The van der Waals surface area contributed by atoms with Crippen LogP contribution < -0.4 is 5.32 Å². The molecule has 0 spiro atoms. The van der Waals surface area contributed by atoms with E-state index >= 15 is 0 Å². The summed E-state index contributed by atoms with van der Waals surface area (Å²) in [6.07, 6.45) is -1.06. The van der Waals surface area contributed by atoms with Crippen molar-refractivity contribution in [3.8, 4) is 0 Å². The van der Waals surface area contributed by atoms with Gasteiger partial charge >= 0.3 is 6.09 Å². The van der Waals surface area contributed by atoms with Crippen LogP contribution in [0.15, 0.2) is 0 Å². The molecule has 0 radical (unpaired) electrons. The molecular weight excluding hydrogens is 342 g/mol. The molecule has 5 atom stereocenters. The molecule has 2 N–H and O–H groups in total. The Morgan fingerprint density at radius 3 is 2.43 bits per heavy atom. The van der Waals surface area contributed by atoms with E-state index in [-0.39, 0.29) is 35.6 Å². The lowest BCUT2D eigenvalue weighted by atomic mass is 10.1. The van der Waals surface area contributed by atoms with E-state index in [1.807, 2.05) is 34.6 Å². The summed E-state index contributed by atoms with van der Waals surface area (Å²) in [4.78, 5) is 11.9. The van der Waals surface area contributed by atoms with E-state index in [0.29, 0.717) is 0 Å². The number of aliphatic hydroxyl groups excluding tert-OH is 1. The van der Waals surface area contributed by atoms with E-state index in [4.69, 9.17) is 14.2 Å². The Kier molecular flexibility index (Phi) is 4.60. The number of amides is 1. The normalized spacial score (nSPS) is 38.1. The molecule has 7 heteroatoms. The summed E-state index contributed by atoms with van der Waals surface area (Å²) < 4.78 is 17.0. The number of carbonyl (C=O) groups excluding carboxylic acids is 1. The lowest BCUT2D eigenvalue weighted by Crippen LogP contribution is -2.48. The van der Waals surface area contributed by atoms with Crippen molar-refractivity contribution in [1.29, 1.82) is 0 Å². The highest BCUT2D eigenvalue weighted by molar-refractivity contribution is 9.09. The highest BCUT2D eigenvalue weighted by Gasteiger charge is 2.58. The van der Waals surface area contributed by atoms with Gasteiger partial charge in [0.1, 0.15) is 11.7 Å². The van der Waals surface area contributed by atoms with Crippen LogP contribution in [0.2, 0.25) is 0 Å². The fourth-order valence-corrected chi connectivity index (χ4v) is 3.77. The van der Waals surface area contributed by atoms with Crippen LogP contribution in [0.5, 0.6) is 0 Å². The number of alkyl halides is 1. The molecule has 1 aliphatic carbocycles. The Balaban J connectivity index is 2.09. The smallest absolute Gasteiger partial charge is 0.408 e. The molecule has 21 heavy (non-hydrogen) atoms. The molecule has 1 amide bonds. The maximum Gasteiger partial charge on any atom is 0.408 e. The van der Waals surface area contributed by atoms with Crippen molar-refractivity contribution in [1.82, 2.24) is 5.32 Å². The molecule has 0 aromatic rings. The maximum atomic E-state index is 12.0. The van der Waals surface area contributed by atoms with E-state index < -0.39 is 17.5 Å². The van der Waals surface area contributed by atoms with Crippen molar-refractivity contribution in [3.05, 3.63) is 0 Å². The number of nitrogens with one attached hydrogen (secondary N) is 1. The number of carbonyl (C=O) groups is 1. The summed E-state index contributed by atoms with van der Waals surface area (Å²) in [6.45, 7) is 9.05. The number of alkyl carbamates (subject to hydrolysis) is 1. The summed E-state index contributed by atoms with van der Waals surface area (Å²) in [5.74, 6) is -0.860. The van der Waals surface area contributed by atoms with Gasteiger partial charge in [-0.2, -0.15) is 0 Å². The molecule has 1 saturated heterocycles. The fraction of sp³-hybridized carbons (Fsp3) is 0.929. The summed E-state index contributed by atoms with van der Waals surface area (Å²) in [6, 6.07) is -0.316. The molecule has 0 unspecified atom stereocenters. The van der Waals surface area contributed by atoms with E-state index in [9.17, 15) is 9.90 Å². The summed E-state index contributed by atoms with van der Waals surface area (Å²) in [7, 11) is 0. The van der Waals surface area contributed by atoms with Crippen molar-refractivity contribution in [2.24, 2.45) is 5.92 Å². The average Bonchev–Trinajstić information content (AvgIpc) is 2.70.